The summed E-state index contributed by atoms with van der Waals surface area (Å²) in [6.45, 7) is 10.4. The molecule has 19 heteroatoms. The van der Waals surface area contributed by atoms with Crippen molar-refractivity contribution >= 4 is 58.0 Å². The SMILES string of the molecule is CCn1nc(C)cc1C(=O)Nc1nc2cc(C=O)cc3c2n1C/C=C/Cn1c(NC(=O)c2cc(C)nn2CC)nc2cc(C(=O)NCCCn4ccnc4)cc(c21)OCCCO3. The number of benzene rings is 2. The zero-order valence-corrected chi connectivity index (χ0v) is 34.9. The molecule has 0 bridgehead atoms. The number of nitrogens with zero attached hydrogens (tertiary/aromatic N) is 10. The Morgan fingerprint density at radius 3 is 1.89 bits per heavy atom. The molecule has 3 amide bonds. The van der Waals surface area contributed by atoms with E-state index in [0.717, 1.165) is 6.29 Å². The van der Waals surface area contributed by atoms with E-state index < -0.39 is 11.8 Å². The number of ether oxygens (including phenoxy) is 2. The zero-order valence-electron chi connectivity index (χ0n) is 34.9. The van der Waals surface area contributed by atoms with Crippen molar-refractivity contribution < 1.29 is 28.7 Å². The maximum Gasteiger partial charge on any atom is 0.276 e. The largest absolute Gasteiger partial charge is 0.491 e. The van der Waals surface area contributed by atoms with E-state index in [9.17, 15) is 19.2 Å². The number of allylic oxidation sites excluding steroid dienone is 2. The Morgan fingerprint density at radius 2 is 1.34 bits per heavy atom. The summed E-state index contributed by atoms with van der Waals surface area (Å²) in [6.07, 6.45) is 10.9. The Labute approximate surface area is 355 Å². The van der Waals surface area contributed by atoms with Crippen molar-refractivity contribution in [3.8, 4) is 11.5 Å². The van der Waals surface area contributed by atoms with Crippen molar-refractivity contribution in [1.82, 2.24) is 53.5 Å². The van der Waals surface area contributed by atoms with Crippen LogP contribution in [-0.4, -0.2) is 92.0 Å². The molecule has 0 aliphatic carbocycles. The van der Waals surface area contributed by atoms with Crippen LogP contribution < -0.4 is 25.4 Å². The summed E-state index contributed by atoms with van der Waals surface area (Å²) >= 11 is 0. The van der Waals surface area contributed by atoms with Gasteiger partial charge < -0.3 is 28.5 Å². The lowest BCUT2D eigenvalue weighted by Crippen LogP contribution is -2.25. The lowest BCUT2D eigenvalue weighted by atomic mass is 10.1. The van der Waals surface area contributed by atoms with Crippen molar-refractivity contribution in [3.63, 3.8) is 0 Å². The highest BCUT2D eigenvalue weighted by molar-refractivity contribution is 6.05. The second kappa shape index (κ2) is 18.0. The van der Waals surface area contributed by atoms with Crippen LogP contribution in [0.3, 0.4) is 0 Å². The molecule has 0 fully saturated rings. The summed E-state index contributed by atoms with van der Waals surface area (Å²) in [5, 5.41) is 17.8. The molecule has 6 heterocycles. The molecular weight excluding hydrogens is 795 g/mol. The summed E-state index contributed by atoms with van der Waals surface area (Å²) in [5.74, 6) is 0.186. The molecule has 0 saturated heterocycles. The Kier molecular flexibility index (Phi) is 11.9. The van der Waals surface area contributed by atoms with Gasteiger partial charge in [0.25, 0.3) is 17.7 Å². The molecule has 8 rings (SSSR count). The third-order valence-corrected chi connectivity index (χ3v) is 10.3. The van der Waals surface area contributed by atoms with Crippen molar-refractivity contribution in [2.24, 2.45) is 0 Å². The number of rotatable bonds is 12. The molecule has 0 radical (unpaired) electrons. The highest BCUT2D eigenvalue weighted by Gasteiger charge is 2.24. The van der Waals surface area contributed by atoms with Gasteiger partial charge in [0, 0.05) is 69.2 Å². The Balaban J connectivity index is 1.16. The first-order valence-corrected chi connectivity index (χ1v) is 20.5. The first kappa shape index (κ1) is 41.2. The highest BCUT2D eigenvalue weighted by Crippen LogP contribution is 2.34. The molecule has 0 unspecified atom stereocenters. The molecule has 0 saturated carbocycles. The van der Waals surface area contributed by atoms with Gasteiger partial charge in [-0.25, -0.2) is 15.0 Å². The maximum atomic E-state index is 13.8. The second-order valence-corrected chi connectivity index (χ2v) is 14.8. The van der Waals surface area contributed by atoms with E-state index in [1.165, 1.54) is 0 Å². The van der Waals surface area contributed by atoms with Gasteiger partial charge in [-0.3, -0.25) is 39.2 Å². The third-order valence-electron chi connectivity index (χ3n) is 10.3. The van der Waals surface area contributed by atoms with Crippen molar-refractivity contribution in [1.29, 1.82) is 0 Å². The number of hydrogen-bond donors (Lipinski definition) is 3. The van der Waals surface area contributed by atoms with Gasteiger partial charge in [-0.15, -0.1) is 0 Å². The smallest absolute Gasteiger partial charge is 0.276 e. The van der Waals surface area contributed by atoms with Gasteiger partial charge in [-0.1, -0.05) is 12.2 Å². The topological polar surface area (TPSA) is 212 Å². The van der Waals surface area contributed by atoms with Crippen LogP contribution in [0, 0.1) is 13.8 Å². The minimum atomic E-state index is -0.401. The van der Waals surface area contributed by atoms with E-state index in [1.807, 2.05) is 59.7 Å². The molecule has 2 aromatic carbocycles. The van der Waals surface area contributed by atoms with Crippen LogP contribution in [0.15, 0.2) is 67.3 Å². The van der Waals surface area contributed by atoms with Gasteiger partial charge in [0.15, 0.2) is 0 Å². The molecule has 3 N–H and O–H groups in total. The van der Waals surface area contributed by atoms with E-state index in [4.69, 9.17) is 19.4 Å². The quantitative estimate of drug-likeness (QED) is 0.0828. The fraction of sp³-hybridized carbons (Fsp3) is 0.326. The van der Waals surface area contributed by atoms with Gasteiger partial charge in [-0.05, 0) is 70.5 Å². The summed E-state index contributed by atoms with van der Waals surface area (Å²) in [4.78, 5) is 66.9. The molecule has 1 aliphatic heterocycles. The van der Waals surface area contributed by atoms with Gasteiger partial charge in [0.2, 0.25) is 11.9 Å². The molecular formula is C43H47N13O6. The van der Waals surface area contributed by atoms with Gasteiger partial charge >= 0.3 is 0 Å². The van der Waals surface area contributed by atoms with Crippen LogP contribution >= 0.6 is 0 Å². The van der Waals surface area contributed by atoms with E-state index >= 15 is 0 Å². The number of hydrogen-bond acceptors (Lipinski definition) is 11. The Morgan fingerprint density at radius 1 is 0.758 bits per heavy atom. The lowest BCUT2D eigenvalue weighted by molar-refractivity contribution is 0.0950. The number of aryl methyl sites for hydroxylation is 5. The van der Waals surface area contributed by atoms with Crippen molar-refractivity contribution in [2.45, 2.75) is 73.3 Å². The van der Waals surface area contributed by atoms with Gasteiger partial charge in [0.1, 0.15) is 40.2 Å². The molecule has 320 valence electrons. The minimum Gasteiger partial charge on any atom is -0.491 e. The first-order chi connectivity index (χ1) is 30.1. The predicted molar refractivity (Wildman–Crippen MR) is 230 cm³/mol. The number of carbonyl (C=O) groups is 4. The summed E-state index contributed by atoms with van der Waals surface area (Å²) in [7, 11) is 0. The average molecular weight is 842 g/mol. The monoisotopic (exact) mass is 841 g/mol. The van der Waals surface area contributed by atoms with Gasteiger partial charge in [0.05, 0.1) is 42.0 Å². The van der Waals surface area contributed by atoms with E-state index in [0.29, 0.717) is 106 Å². The molecule has 1 aliphatic rings. The summed E-state index contributed by atoms with van der Waals surface area (Å²) < 4.78 is 21.6. The van der Waals surface area contributed by atoms with E-state index in [-0.39, 0.29) is 44.1 Å². The maximum absolute atomic E-state index is 13.8. The fourth-order valence-electron chi connectivity index (χ4n) is 7.48. The number of anilines is 2. The average Bonchev–Trinajstić information content (AvgIpc) is 4.11. The number of aromatic nitrogens is 10. The Hall–Kier alpha value is -7.57. The third kappa shape index (κ3) is 8.54. The highest BCUT2D eigenvalue weighted by atomic mass is 16.5. The number of aldehydes is 1. The number of imidazole rings is 3. The first-order valence-electron chi connectivity index (χ1n) is 20.5. The molecule has 7 aromatic rings. The van der Waals surface area contributed by atoms with Crippen LogP contribution in [-0.2, 0) is 32.7 Å². The van der Waals surface area contributed by atoms with E-state index in [2.05, 4.69) is 31.1 Å². The van der Waals surface area contributed by atoms with Crippen LogP contribution in [0.1, 0.15) is 79.8 Å². The van der Waals surface area contributed by atoms with Crippen LogP contribution in [0.4, 0.5) is 11.9 Å². The predicted octanol–water partition coefficient (Wildman–Crippen LogP) is 5.19. The van der Waals surface area contributed by atoms with Crippen LogP contribution in [0.2, 0.25) is 0 Å². The molecule has 19 nitrogen and oxygen atoms in total. The molecule has 62 heavy (non-hydrogen) atoms. The van der Waals surface area contributed by atoms with Crippen LogP contribution in [0.25, 0.3) is 22.1 Å². The number of carbonyl (C=O) groups excluding carboxylic acids is 4. The van der Waals surface area contributed by atoms with Gasteiger partial charge in [-0.2, -0.15) is 10.2 Å². The lowest BCUT2D eigenvalue weighted by Gasteiger charge is -2.14. The van der Waals surface area contributed by atoms with E-state index in [1.54, 1.807) is 58.3 Å². The molecule has 5 aromatic heterocycles. The normalized spacial score (nSPS) is 13.5. The second-order valence-electron chi connectivity index (χ2n) is 14.8. The standard InChI is InChI=1S/C43H47N13O6/c1-5-55-33(19-27(3)50-55)40(59)48-42-46-31-21-29(25-57)22-35-37(31)53(42)14-7-8-15-54-38-32(47-43(54)49-41(60)34-20-28(4)51-56(34)6-2)23-30(24-36(38)62-18-10-17-61-35)39(58)45-11-9-13-52-16-12-44-26-52/h7-8,12,16,19-26H,5-6,9-11,13-15,17-18H2,1-4H3,(H,45,58)(H,46,48,59)(H,47,49,60)/b8-7+. The zero-order chi connectivity index (χ0) is 43.3. The Bertz CT molecular complexity index is 2830. The molecule has 0 spiro atoms. The fourth-order valence-corrected chi connectivity index (χ4v) is 7.48. The number of amides is 3. The summed E-state index contributed by atoms with van der Waals surface area (Å²) in [6, 6.07) is 10.1. The molecule has 0 atom stereocenters. The minimum absolute atomic E-state index is 0.185. The summed E-state index contributed by atoms with van der Waals surface area (Å²) in [5.41, 5.74) is 4.89. The number of nitrogens with one attached hydrogen (secondary N) is 3. The van der Waals surface area contributed by atoms with Crippen molar-refractivity contribution in [3.05, 3.63) is 101 Å². The van der Waals surface area contributed by atoms with Crippen LogP contribution in [0.5, 0.6) is 11.5 Å². The van der Waals surface area contributed by atoms with Crippen molar-refractivity contribution in [2.75, 3.05) is 30.4 Å².